The molecular weight excluding hydrogens is 298 g/mol. The number of para-hydroxylation sites is 2. The molecule has 5 rings (SSSR count). The first-order valence-electron chi connectivity index (χ1n) is 7.79. The zero-order valence-corrected chi connectivity index (χ0v) is 13.6. The topological polar surface area (TPSA) is 4.93 Å². The third kappa shape index (κ3) is 1.79. The van der Waals surface area contributed by atoms with E-state index in [4.69, 9.17) is 0 Å². The van der Waals surface area contributed by atoms with Gasteiger partial charge in [0.15, 0.2) is 0 Å². The zero-order chi connectivity index (χ0) is 15.4. The van der Waals surface area contributed by atoms with Gasteiger partial charge in [-0.1, -0.05) is 36.4 Å². The van der Waals surface area contributed by atoms with Gasteiger partial charge in [0.05, 0.1) is 11.0 Å². The Morgan fingerprint density at radius 3 is 2.39 bits per heavy atom. The zero-order valence-electron chi connectivity index (χ0n) is 12.8. The van der Waals surface area contributed by atoms with Gasteiger partial charge in [-0.3, -0.25) is 0 Å². The molecule has 0 unspecified atom stereocenters. The minimum absolute atomic E-state index is 1.21. The van der Waals surface area contributed by atoms with Crippen LogP contribution in [0.3, 0.4) is 0 Å². The minimum Gasteiger partial charge on any atom is -0.309 e. The molecule has 0 saturated carbocycles. The van der Waals surface area contributed by atoms with Crippen molar-refractivity contribution in [3.8, 4) is 5.69 Å². The molecule has 0 saturated heterocycles. The van der Waals surface area contributed by atoms with Crippen molar-refractivity contribution in [1.82, 2.24) is 4.57 Å². The van der Waals surface area contributed by atoms with E-state index in [0.717, 1.165) is 0 Å². The van der Waals surface area contributed by atoms with Gasteiger partial charge in [-0.15, -0.1) is 11.3 Å². The summed E-state index contributed by atoms with van der Waals surface area (Å²) in [6.45, 7) is 2.20. The molecule has 0 aliphatic rings. The van der Waals surface area contributed by atoms with Crippen LogP contribution in [0, 0.1) is 6.92 Å². The summed E-state index contributed by atoms with van der Waals surface area (Å²) >= 11 is 1.83. The van der Waals surface area contributed by atoms with Gasteiger partial charge in [0, 0.05) is 21.2 Å². The van der Waals surface area contributed by atoms with Gasteiger partial charge < -0.3 is 4.57 Å². The molecule has 0 aliphatic carbocycles. The fraction of sp³-hybridized carbons (Fsp3) is 0.0476. The van der Waals surface area contributed by atoms with Crippen LogP contribution in [0.25, 0.3) is 37.6 Å². The molecule has 1 nitrogen and oxygen atoms in total. The van der Waals surface area contributed by atoms with Crippen molar-refractivity contribution in [2.24, 2.45) is 0 Å². The minimum atomic E-state index is 1.21. The van der Waals surface area contributed by atoms with E-state index in [9.17, 15) is 0 Å². The van der Waals surface area contributed by atoms with Gasteiger partial charge in [-0.25, -0.2) is 0 Å². The van der Waals surface area contributed by atoms with Crippen molar-refractivity contribution in [2.75, 3.05) is 0 Å². The highest BCUT2D eigenvalue weighted by atomic mass is 32.1. The molecule has 0 N–H and O–H groups in total. The van der Waals surface area contributed by atoms with Gasteiger partial charge in [-0.2, -0.15) is 0 Å². The first-order chi connectivity index (χ1) is 11.3. The first-order valence-corrected chi connectivity index (χ1v) is 8.67. The molecule has 0 spiro atoms. The lowest BCUT2D eigenvalue weighted by atomic mass is 10.1. The summed E-state index contributed by atoms with van der Waals surface area (Å²) in [6.07, 6.45) is 0. The van der Waals surface area contributed by atoms with E-state index in [-0.39, 0.29) is 0 Å². The van der Waals surface area contributed by atoms with Crippen LogP contribution in [-0.4, -0.2) is 4.57 Å². The molecule has 2 aromatic heterocycles. The van der Waals surface area contributed by atoms with E-state index in [1.165, 1.54) is 43.1 Å². The van der Waals surface area contributed by atoms with Crippen LogP contribution in [0.4, 0.5) is 0 Å². The Kier molecular flexibility index (Phi) is 2.64. The average molecular weight is 313 g/mol. The second-order valence-electron chi connectivity index (χ2n) is 5.97. The van der Waals surface area contributed by atoms with Crippen molar-refractivity contribution >= 4 is 43.2 Å². The van der Waals surface area contributed by atoms with Crippen molar-refractivity contribution in [1.29, 1.82) is 0 Å². The Morgan fingerprint density at radius 2 is 1.52 bits per heavy atom. The van der Waals surface area contributed by atoms with Crippen LogP contribution in [-0.2, 0) is 0 Å². The van der Waals surface area contributed by atoms with E-state index in [0.29, 0.717) is 0 Å². The summed E-state index contributed by atoms with van der Waals surface area (Å²) in [5.74, 6) is 0. The maximum absolute atomic E-state index is 2.37. The normalized spacial score (nSPS) is 11.7. The number of aromatic nitrogens is 1. The molecule has 0 aliphatic heterocycles. The summed E-state index contributed by atoms with van der Waals surface area (Å²) in [7, 11) is 0. The quantitative estimate of drug-likeness (QED) is 0.342. The average Bonchev–Trinajstić information content (AvgIpc) is 3.12. The van der Waals surface area contributed by atoms with Crippen molar-refractivity contribution < 1.29 is 0 Å². The molecule has 0 atom stereocenters. The fourth-order valence-corrected chi connectivity index (χ4v) is 4.43. The van der Waals surface area contributed by atoms with Crippen LogP contribution in [0.1, 0.15) is 5.56 Å². The number of nitrogens with zero attached hydrogens (tertiary/aromatic N) is 1. The second kappa shape index (κ2) is 4.71. The van der Waals surface area contributed by atoms with Gasteiger partial charge in [0.1, 0.15) is 0 Å². The lowest BCUT2D eigenvalue weighted by Crippen LogP contribution is -1.92. The van der Waals surface area contributed by atoms with Gasteiger partial charge in [-0.05, 0) is 53.6 Å². The van der Waals surface area contributed by atoms with E-state index >= 15 is 0 Å². The highest BCUT2D eigenvalue weighted by Crippen LogP contribution is 2.37. The molecule has 0 amide bonds. The smallest absolute Gasteiger partial charge is 0.0555 e. The maximum atomic E-state index is 2.37. The Balaban J connectivity index is 2.03. The Hall–Kier alpha value is -2.58. The van der Waals surface area contributed by atoms with Crippen molar-refractivity contribution in [3.63, 3.8) is 0 Å². The molecule has 2 heteroatoms. The summed E-state index contributed by atoms with van der Waals surface area (Å²) in [5.41, 5.74) is 5.13. The van der Waals surface area contributed by atoms with E-state index in [1.54, 1.807) is 0 Å². The van der Waals surface area contributed by atoms with Crippen molar-refractivity contribution in [3.05, 3.63) is 77.7 Å². The monoisotopic (exact) mass is 313 g/mol. The number of fused-ring (bicyclic) bond motifs is 4. The molecule has 5 aromatic rings. The number of hydrogen-bond acceptors (Lipinski definition) is 1. The molecule has 0 bridgehead atoms. The maximum Gasteiger partial charge on any atom is 0.0555 e. The van der Waals surface area contributed by atoms with Crippen LogP contribution in [0.2, 0.25) is 0 Å². The lowest BCUT2D eigenvalue weighted by molar-refractivity contribution is 1.18. The predicted molar refractivity (Wildman–Crippen MR) is 101 cm³/mol. The third-order valence-corrected chi connectivity index (χ3v) is 5.64. The second-order valence-corrected chi connectivity index (χ2v) is 6.88. The molecular formula is C21H15NS. The lowest BCUT2D eigenvalue weighted by Gasteiger charge is -2.07. The Morgan fingerprint density at radius 1 is 0.739 bits per heavy atom. The molecule has 2 heterocycles. The fourth-order valence-electron chi connectivity index (χ4n) is 3.47. The Labute approximate surface area is 138 Å². The number of rotatable bonds is 1. The van der Waals surface area contributed by atoms with E-state index in [2.05, 4.69) is 83.6 Å². The summed E-state index contributed by atoms with van der Waals surface area (Å²) in [6, 6.07) is 24.0. The molecule has 23 heavy (non-hydrogen) atoms. The third-order valence-electron chi connectivity index (χ3n) is 4.58. The summed E-state index contributed by atoms with van der Waals surface area (Å²) in [5, 5.41) is 6.27. The first kappa shape index (κ1) is 12.9. The van der Waals surface area contributed by atoms with Crippen LogP contribution in [0.15, 0.2) is 72.1 Å². The highest BCUT2D eigenvalue weighted by Gasteiger charge is 2.13. The largest absolute Gasteiger partial charge is 0.309 e. The SMILES string of the molecule is Cc1csc2cc3c(cc12)c1ccccc1n3-c1ccccc1. The van der Waals surface area contributed by atoms with Crippen LogP contribution >= 0.6 is 11.3 Å². The van der Waals surface area contributed by atoms with Crippen molar-refractivity contribution in [2.45, 2.75) is 6.92 Å². The van der Waals surface area contributed by atoms with Crippen LogP contribution < -0.4 is 0 Å². The number of benzene rings is 3. The summed E-state index contributed by atoms with van der Waals surface area (Å²) < 4.78 is 3.73. The number of thiophene rings is 1. The van der Waals surface area contributed by atoms with Gasteiger partial charge in [0.25, 0.3) is 0 Å². The molecule has 110 valence electrons. The van der Waals surface area contributed by atoms with Crippen LogP contribution in [0.5, 0.6) is 0 Å². The number of hydrogen-bond donors (Lipinski definition) is 0. The summed E-state index contributed by atoms with van der Waals surface area (Å²) in [4.78, 5) is 0. The molecule has 0 fully saturated rings. The van der Waals surface area contributed by atoms with E-state index in [1.807, 2.05) is 11.3 Å². The highest BCUT2D eigenvalue weighted by molar-refractivity contribution is 7.17. The van der Waals surface area contributed by atoms with Gasteiger partial charge >= 0.3 is 0 Å². The molecule has 3 aromatic carbocycles. The Bertz CT molecular complexity index is 1160. The number of aryl methyl sites for hydroxylation is 1. The molecule has 0 radical (unpaired) electrons. The standard InChI is InChI=1S/C21H15NS/c1-14-13-23-21-12-20-18(11-17(14)21)16-9-5-6-10-19(16)22(20)15-7-3-2-4-8-15/h2-13H,1H3. The van der Waals surface area contributed by atoms with Gasteiger partial charge in [0.2, 0.25) is 0 Å². The predicted octanol–water partition coefficient (Wildman–Crippen LogP) is 6.31. The van der Waals surface area contributed by atoms with E-state index < -0.39 is 0 Å².